The Balaban J connectivity index is 2.36. The van der Waals surface area contributed by atoms with Gasteiger partial charge < -0.3 is 5.32 Å². The number of rotatable bonds is 2. The van der Waals surface area contributed by atoms with Gasteiger partial charge in [-0.2, -0.15) is 0 Å². The van der Waals surface area contributed by atoms with Gasteiger partial charge in [0.05, 0.1) is 0 Å². The Morgan fingerprint density at radius 2 is 1.83 bits per heavy atom. The second-order valence-electron chi connectivity index (χ2n) is 3.79. The highest BCUT2D eigenvalue weighted by atomic mass is 35.5. The van der Waals surface area contributed by atoms with Crippen molar-refractivity contribution in [3.05, 3.63) is 46.4 Å². The first-order valence-electron chi connectivity index (χ1n) is 5.20. The fourth-order valence-corrected chi connectivity index (χ4v) is 1.64. The molecule has 0 aliphatic heterocycles. The summed E-state index contributed by atoms with van der Waals surface area (Å²) < 4.78 is 25.9. The second-order valence-corrected chi connectivity index (χ2v) is 4.15. The van der Waals surface area contributed by atoms with E-state index < -0.39 is 11.6 Å². The van der Waals surface area contributed by atoms with Crippen molar-refractivity contribution in [1.82, 2.24) is 9.97 Å². The third-order valence-electron chi connectivity index (χ3n) is 2.38. The molecular formula is C12H10ClF2N3. The van der Waals surface area contributed by atoms with E-state index in [1.807, 2.05) is 0 Å². The van der Waals surface area contributed by atoms with Crippen LogP contribution >= 0.6 is 11.6 Å². The maximum atomic E-state index is 13.1. The molecule has 0 atom stereocenters. The predicted molar refractivity (Wildman–Crippen MR) is 66.2 cm³/mol. The molecule has 2 rings (SSSR count). The summed E-state index contributed by atoms with van der Waals surface area (Å²) in [5.41, 5.74) is 1.04. The van der Waals surface area contributed by atoms with Crippen LogP contribution in [0, 0.1) is 25.5 Å². The normalized spacial score (nSPS) is 10.5. The van der Waals surface area contributed by atoms with Gasteiger partial charge in [-0.15, -0.1) is 0 Å². The number of hydrogen-bond acceptors (Lipinski definition) is 3. The summed E-state index contributed by atoms with van der Waals surface area (Å²) in [5.74, 6) is -0.849. The van der Waals surface area contributed by atoms with Crippen LogP contribution in [-0.4, -0.2) is 9.97 Å². The molecule has 1 aromatic carbocycles. The Labute approximate surface area is 108 Å². The molecule has 0 bridgehead atoms. The molecule has 0 aliphatic carbocycles. The summed E-state index contributed by atoms with van der Waals surface area (Å²) in [5, 5.41) is 3.21. The van der Waals surface area contributed by atoms with Gasteiger partial charge in [0.25, 0.3) is 0 Å². The quantitative estimate of drug-likeness (QED) is 0.844. The molecule has 0 radical (unpaired) electrons. The highest BCUT2D eigenvalue weighted by molar-refractivity contribution is 6.30. The minimum Gasteiger partial charge on any atom is -0.340 e. The molecule has 0 aliphatic rings. The second kappa shape index (κ2) is 4.86. The van der Waals surface area contributed by atoms with Crippen LogP contribution in [0.4, 0.5) is 20.3 Å². The van der Waals surface area contributed by atoms with Crippen molar-refractivity contribution in [3.63, 3.8) is 0 Å². The first kappa shape index (κ1) is 12.7. The van der Waals surface area contributed by atoms with Crippen molar-refractivity contribution in [2.75, 3.05) is 5.32 Å². The summed E-state index contributed by atoms with van der Waals surface area (Å²) in [7, 11) is 0. The Hall–Kier alpha value is -1.75. The molecule has 0 amide bonds. The summed E-state index contributed by atoms with van der Waals surface area (Å²) in [6, 6.07) is 3.52. The van der Waals surface area contributed by atoms with E-state index in [1.54, 1.807) is 13.8 Å². The van der Waals surface area contributed by atoms with Crippen LogP contribution < -0.4 is 5.32 Å². The Morgan fingerprint density at radius 1 is 1.11 bits per heavy atom. The van der Waals surface area contributed by atoms with E-state index in [4.69, 9.17) is 11.6 Å². The third kappa shape index (κ3) is 2.56. The van der Waals surface area contributed by atoms with Crippen molar-refractivity contribution in [3.8, 4) is 0 Å². The topological polar surface area (TPSA) is 37.8 Å². The van der Waals surface area contributed by atoms with Crippen LogP contribution in [0.3, 0.4) is 0 Å². The maximum Gasteiger partial charge on any atom is 0.160 e. The highest BCUT2D eigenvalue weighted by Crippen LogP contribution is 2.24. The SMILES string of the molecule is Cc1nc(Cl)c(C)c(Nc2ccc(F)c(F)c2)n1. The average molecular weight is 270 g/mol. The maximum absolute atomic E-state index is 13.1. The van der Waals surface area contributed by atoms with Gasteiger partial charge in [0.1, 0.15) is 16.8 Å². The first-order valence-corrected chi connectivity index (χ1v) is 5.58. The molecule has 1 heterocycles. The third-order valence-corrected chi connectivity index (χ3v) is 2.75. The Bertz CT molecular complexity index is 602. The van der Waals surface area contributed by atoms with Gasteiger partial charge in [-0.1, -0.05) is 11.6 Å². The molecule has 6 heteroatoms. The number of anilines is 2. The summed E-state index contributed by atoms with van der Waals surface area (Å²) in [6.07, 6.45) is 0. The van der Waals surface area contributed by atoms with Gasteiger partial charge in [-0.3, -0.25) is 0 Å². The van der Waals surface area contributed by atoms with Crippen LogP contribution in [0.25, 0.3) is 0 Å². The van der Waals surface area contributed by atoms with Gasteiger partial charge in [0.2, 0.25) is 0 Å². The number of benzene rings is 1. The van der Waals surface area contributed by atoms with Crippen molar-refractivity contribution in [2.24, 2.45) is 0 Å². The van der Waals surface area contributed by atoms with Crippen molar-refractivity contribution >= 4 is 23.1 Å². The Kier molecular flexibility index (Phi) is 3.43. The largest absolute Gasteiger partial charge is 0.340 e. The highest BCUT2D eigenvalue weighted by Gasteiger charge is 2.09. The zero-order valence-electron chi connectivity index (χ0n) is 9.76. The zero-order chi connectivity index (χ0) is 13.3. The summed E-state index contributed by atoms with van der Waals surface area (Å²) in [6.45, 7) is 3.44. The summed E-state index contributed by atoms with van der Waals surface area (Å²) in [4.78, 5) is 8.15. The molecule has 0 saturated heterocycles. The first-order chi connectivity index (χ1) is 8.47. The number of aryl methyl sites for hydroxylation is 1. The van der Waals surface area contributed by atoms with E-state index >= 15 is 0 Å². The molecule has 2 aromatic rings. The minimum atomic E-state index is -0.922. The lowest BCUT2D eigenvalue weighted by Crippen LogP contribution is -2.01. The fourth-order valence-electron chi connectivity index (χ4n) is 1.43. The summed E-state index contributed by atoms with van der Waals surface area (Å²) >= 11 is 5.92. The molecule has 0 unspecified atom stereocenters. The van der Waals surface area contributed by atoms with Crippen molar-refractivity contribution in [1.29, 1.82) is 0 Å². The van der Waals surface area contributed by atoms with Crippen LogP contribution in [-0.2, 0) is 0 Å². The number of nitrogens with one attached hydrogen (secondary N) is 1. The minimum absolute atomic E-state index is 0.326. The molecule has 1 aromatic heterocycles. The van der Waals surface area contributed by atoms with Gasteiger partial charge >= 0.3 is 0 Å². The van der Waals surface area contributed by atoms with E-state index in [0.717, 1.165) is 12.1 Å². The molecule has 0 saturated carbocycles. The zero-order valence-corrected chi connectivity index (χ0v) is 10.5. The van der Waals surface area contributed by atoms with Crippen LogP contribution in [0.5, 0.6) is 0 Å². The molecular weight excluding hydrogens is 260 g/mol. The van der Waals surface area contributed by atoms with Gasteiger partial charge in [0.15, 0.2) is 11.6 Å². The van der Waals surface area contributed by atoms with Crippen LogP contribution in [0.15, 0.2) is 18.2 Å². The van der Waals surface area contributed by atoms with Gasteiger partial charge in [-0.05, 0) is 26.0 Å². The number of hydrogen-bond donors (Lipinski definition) is 1. The van der Waals surface area contributed by atoms with Gasteiger partial charge in [0, 0.05) is 17.3 Å². The number of halogens is 3. The van der Waals surface area contributed by atoms with Crippen molar-refractivity contribution in [2.45, 2.75) is 13.8 Å². The molecule has 0 spiro atoms. The lowest BCUT2D eigenvalue weighted by atomic mass is 10.2. The standard InChI is InChI=1S/C12H10ClF2N3/c1-6-11(13)16-7(2)17-12(6)18-8-3-4-9(14)10(15)5-8/h3-5H,1-2H3,(H,16,17,18). The van der Waals surface area contributed by atoms with Crippen LogP contribution in [0.2, 0.25) is 5.15 Å². The van der Waals surface area contributed by atoms with E-state index in [-0.39, 0.29) is 0 Å². The predicted octanol–water partition coefficient (Wildman–Crippen LogP) is 3.77. The lowest BCUT2D eigenvalue weighted by molar-refractivity contribution is 0.509. The van der Waals surface area contributed by atoms with Crippen molar-refractivity contribution < 1.29 is 8.78 Å². The van der Waals surface area contributed by atoms with Crippen LogP contribution in [0.1, 0.15) is 11.4 Å². The Morgan fingerprint density at radius 3 is 2.50 bits per heavy atom. The molecule has 94 valence electrons. The fraction of sp³-hybridized carbons (Fsp3) is 0.167. The molecule has 0 fully saturated rings. The average Bonchev–Trinajstić information content (AvgIpc) is 2.30. The monoisotopic (exact) mass is 269 g/mol. The number of nitrogens with zero attached hydrogens (tertiary/aromatic N) is 2. The lowest BCUT2D eigenvalue weighted by Gasteiger charge is -2.10. The molecule has 18 heavy (non-hydrogen) atoms. The van der Waals surface area contributed by atoms with Gasteiger partial charge in [-0.25, -0.2) is 18.7 Å². The van der Waals surface area contributed by atoms with E-state index in [0.29, 0.717) is 28.0 Å². The van der Waals surface area contributed by atoms with E-state index in [2.05, 4.69) is 15.3 Å². The smallest absolute Gasteiger partial charge is 0.160 e. The van der Waals surface area contributed by atoms with E-state index in [1.165, 1.54) is 6.07 Å². The molecule has 1 N–H and O–H groups in total. The molecule has 3 nitrogen and oxygen atoms in total. The van der Waals surface area contributed by atoms with E-state index in [9.17, 15) is 8.78 Å². The number of aromatic nitrogens is 2.